The lowest BCUT2D eigenvalue weighted by molar-refractivity contribution is -0.121. The molecule has 2 aliphatic rings. The Kier molecular flexibility index (Phi) is 6.72. The van der Waals surface area contributed by atoms with Gasteiger partial charge in [-0.2, -0.15) is 11.8 Å². The zero-order valence-corrected chi connectivity index (χ0v) is 20.5. The Morgan fingerprint density at radius 3 is 2.65 bits per heavy atom. The summed E-state index contributed by atoms with van der Waals surface area (Å²) in [5, 5.41) is 3.27. The van der Waals surface area contributed by atoms with Crippen molar-refractivity contribution in [3.05, 3.63) is 77.9 Å². The summed E-state index contributed by atoms with van der Waals surface area (Å²) in [6, 6.07) is 14.5. The van der Waals surface area contributed by atoms with Gasteiger partial charge in [0.25, 0.3) is 0 Å². The number of methoxy groups -OCH3 is 1. The van der Waals surface area contributed by atoms with Gasteiger partial charge < -0.3 is 10.1 Å². The first-order valence-electron chi connectivity index (χ1n) is 11.7. The second-order valence-corrected chi connectivity index (χ2v) is 9.94. The van der Waals surface area contributed by atoms with Crippen molar-refractivity contribution in [3.8, 4) is 5.95 Å². The molecule has 1 saturated heterocycles. The van der Waals surface area contributed by atoms with E-state index in [0.29, 0.717) is 11.7 Å². The van der Waals surface area contributed by atoms with Gasteiger partial charge in [-0.25, -0.2) is 9.97 Å². The molecule has 1 aliphatic heterocycles. The molecule has 0 saturated carbocycles. The molecule has 1 aliphatic carbocycles. The van der Waals surface area contributed by atoms with E-state index in [1.54, 1.807) is 31.3 Å². The van der Waals surface area contributed by atoms with E-state index in [2.05, 4.69) is 55.1 Å². The van der Waals surface area contributed by atoms with Crippen molar-refractivity contribution in [2.75, 3.05) is 32.2 Å². The third kappa shape index (κ3) is 4.15. The number of nitrogens with zero attached hydrogens (tertiary/aromatic N) is 4. The van der Waals surface area contributed by atoms with Crippen molar-refractivity contribution >= 4 is 17.7 Å². The Morgan fingerprint density at radius 1 is 1.15 bits per heavy atom. The predicted octanol–water partition coefficient (Wildman–Crippen LogP) is 3.35. The Balaban J connectivity index is 1.35. The van der Waals surface area contributed by atoms with E-state index in [1.165, 1.54) is 16.8 Å². The van der Waals surface area contributed by atoms with E-state index in [-0.39, 0.29) is 23.5 Å². The highest BCUT2D eigenvalue weighted by molar-refractivity contribution is 7.99. The van der Waals surface area contributed by atoms with Crippen LogP contribution in [0.5, 0.6) is 0 Å². The van der Waals surface area contributed by atoms with Crippen LogP contribution in [0, 0.1) is 0 Å². The van der Waals surface area contributed by atoms with E-state index in [1.807, 2.05) is 24.6 Å². The van der Waals surface area contributed by atoms with Crippen LogP contribution in [-0.4, -0.2) is 63.7 Å². The number of likely N-dealkylation sites (tertiary alicyclic amines) is 1. The van der Waals surface area contributed by atoms with Gasteiger partial charge in [0.2, 0.25) is 11.9 Å². The molecule has 2 aromatic heterocycles. The number of amides is 1. The minimum atomic E-state index is -0.111. The van der Waals surface area contributed by atoms with Crippen molar-refractivity contribution in [2.24, 2.45) is 0 Å². The quantitative estimate of drug-likeness (QED) is 0.563. The van der Waals surface area contributed by atoms with Gasteiger partial charge >= 0.3 is 0 Å². The van der Waals surface area contributed by atoms with E-state index in [9.17, 15) is 4.79 Å². The zero-order valence-electron chi connectivity index (χ0n) is 19.7. The maximum absolute atomic E-state index is 12.5. The Labute approximate surface area is 204 Å². The number of piperidine rings is 1. The van der Waals surface area contributed by atoms with Gasteiger partial charge in [-0.05, 0) is 61.5 Å². The Bertz CT molecular complexity index is 1130. The minimum absolute atomic E-state index is 0.0627. The lowest BCUT2D eigenvalue weighted by Gasteiger charge is -2.44. The standard InChI is InChI=1S/C26H31N5O2S/c1-33-24-23(29-22(32)18-34-2)20-8-3-4-9-21(20)26(24)10-15-30(16-11-26)17-19-7-5-14-31(19)25-27-12-6-13-28-25/h3-9,12-14,23-24H,10-11,15-18H2,1-2H3,(H,29,32)/t23-,24+/m1/s1. The molecule has 0 radical (unpaired) electrons. The summed E-state index contributed by atoms with van der Waals surface area (Å²) in [6.45, 7) is 2.76. The topological polar surface area (TPSA) is 72.3 Å². The summed E-state index contributed by atoms with van der Waals surface area (Å²) in [6.07, 6.45) is 9.42. The fourth-order valence-electron chi connectivity index (χ4n) is 5.77. The van der Waals surface area contributed by atoms with Gasteiger partial charge in [0.1, 0.15) is 0 Å². The van der Waals surface area contributed by atoms with Crippen LogP contribution in [-0.2, 0) is 21.5 Å². The second kappa shape index (κ2) is 9.90. The van der Waals surface area contributed by atoms with Gasteiger partial charge in [-0.1, -0.05) is 24.3 Å². The van der Waals surface area contributed by atoms with E-state index in [0.717, 1.165) is 32.5 Å². The van der Waals surface area contributed by atoms with E-state index < -0.39 is 0 Å². The smallest absolute Gasteiger partial charge is 0.233 e. The molecule has 1 N–H and O–H groups in total. The SMILES string of the molecule is CO[C@H]1[C@H](NC(=O)CSC)c2ccccc2C12CCN(Cc1cccn1-c1ncccn1)CC2. The van der Waals surface area contributed by atoms with Gasteiger partial charge in [0.15, 0.2) is 0 Å². The van der Waals surface area contributed by atoms with Crippen LogP contribution in [0.1, 0.15) is 35.7 Å². The molecule has 1 aromatic carbocycles. The number of hydrogen-bond acceptors (Lipinski definition) is 6. The fraction of sp³-hybridized carbons (Fsp3) is 0.423. The summed E-state index contributed by atoms with van der Waals surface area (Å²) in [4.78, 5) is 23.8. The van der Waals surface area contributed by atoms with Crippen molar-refractivity contribution in [2.45, 2.75) is 36.9 Å². The molecule has 1 amide bonds. The molecule has 1 fully saturated rings. The molecular weight excluding hydrogens is 446 g/mol. The predicted molar refractivity (Wildman–Crippen MR) is 134 cm³/mol. The molecule has 0 bridgehead atoms. The molecule has 0 unspecified atom stereocenters. The summed E-state index contributed by atoms with van der Waals surface area (Å²) in [5.41, 5.74) is 3.62. The van der Waals surface area contributed by atoms with Crippen molar-refractivity contribution in [1.29, 1.82) is 0 Å². The van der Waals surface area contributed by atoms with Gasteiger partial charge in [0.05, 0.1) is 17.9 Å². The first-order valence-corrected chi connectivity index (χ1v) is 13.1. The molecular formula is C26H31N5O2S. The van der Waals surface area contributed by atoms with Crippen LogP contribution in [0.15, 0.2) is 61.1 Å². The number of hydrogen-bond donors (Lipinski definition) is 1. The minimum Gasteiger partial charge on any atom is -0.378 e. The van der Waals surface area contributed by atoms with Crippen LogP contribution >= 0.6 is 11.8 Å². The number of carbonyl (C=O) groups is 1. The monoisotopic (exact) mass is 477 g/mol. The number of carbonyl (C=O) groups excluding carboxylic acids is 1. The van der Waals surface area contributed by atoms with Crippen LogP contribution in [0.4, 0.5) is 0 Å². The molecule has 3 aromatic rings. The van der Waals surface area contributed by atoms with Gasteiger partial charge in [-0.15, -0.1) is 0 Å². The number of thioether (sulfide) groups is 1. The fourth-order valence-corrected chi connectivity index (χ4v) is 6.11. The van der Waals surface area contributed by atoms with Crippen molar-refractivity contribution in [3.63, 3.8) is 0 Å². The molecule has 8 heteroatoms. The maximum atomic E-state index is 12.5. The third-order valence-corrected chi connectivity index (χ3v) is 7.81. The molecule has 5 rings (SSSR count). The molecule has 34 heavy (non-hydrogen) atoms. The van der Waals surface area contributed by atoms with E-state index in [4.69, 9.17) is 4.74 Å². The number of ether oxygens (including phenoxy) is 1. The molecule has 3 heterocycles. The summed E-state index contributed by atoms with van der Waals surface area (Å²) in [5.74, 6) is 1.22. The van der Waals surface area contributed by atoms with Crippen LogP contribution < -0.4 is 5.32 Å². The Morgan fingerprint density at radius 2 is 1.91 bits per heavy atom. The number of fused-ring (bicyclic) bond motifs is 2. The largest absolute Gasteiger partial charge is 0.378 e. The first kappa shape index (κ1) is 23.1. The van der Waals surface area contributed by atoms with Crippen LogP contribution in [0.2, 0.25) is 0 Å². The average molecular weight is 478 g/mol. The van der Waals surface area contributed by atoms with E-state index >= 15 is 0 Å². The highest BCUT2D eigenvalue weighted by atomic mass is 32.2. The Hall–Kier alpha value is -2.68. The van der Waals surface area contributed by atoms with Crippen molar-refractivity contribution in [1.82, 2.24) is 24.8 Å². The molecule has 7 nitrogen and oxygen atoms in total. The summed E-state index contributed by atoms with van der Waals surface area (Å²) < 4.78 is 8.20. The number of nitrogens with one attached hydrogen (secondary N) is 1. The maximum Gasteiger partial charge on any atom is 0.233 e. The zero-order chi connectivity index (χ0) is 23.5. The summed E-state index contributed by atoms with van der Waals surface area (Å²) >= 11 is 1.54. The summed E-state index contributed by atoms with van der Waals surface area (Å²) in [7, 11) is 1.78. The van der Waals surface area contributed by atoms with Gasteiger partial charge in [-0.3, -0.25) is 14.3 Å². The number of benzene rings is 1. The lowest BCUT2D eigenvalue weighted by Crippen LogP contribution is -2.50. The highest BCUT2D eigenvalue weighted by Crippen LogP contribution is 2.52. The first-order chi connectivity index (χ1) is 16.7. The molecule has 2 atom stereocenters. The second-order valence-electron chi connectivity index (χ2n) is 9.07. The van der Waals surface area contributed by atoms with Crippen LogP contribution in [0.3, 0.4) is 0 Å². The average Bonchev–Trinajstić information content (AvgIpc) is 3.42. The normalized spacial score (nSPS) is 21.5. The lowest BCUT2D eigenvalue weighted by atomic mass is 9.72. The molecule has 1 spiro atoms. The third-order valence-electron chi connectivity index (χ3n) is 7.26. The number of aromatic nitrogens is 3. The number of rotatable bonds is 7. The van der Waals surface area contributed by atoms with Crippen LogP contribution in [0.25, 0.3) is 5.95 Å². The highest BCUT2D eigenvalue weighted by Gasteiger charge is 2.53. The molecule has 178 valence electrons. The van der Waals surface area contributed by atoms with Gasteiger partial charge in [0, 0.05) is 43.4 Å². The van der Waals surface area contributed by atoms with Crippen molar-refractivity contribution < 1.29 is 9.53 Å².